The summed E-state index contributed by atoms with van der Waals surface area (Å²) >= 11 is 0. The second kappa shape index (κ2) is 9.29. The minimum Gasteiger partial charge on any atom is -0.481 e. The number of ether oxygens (including phenoxy) is 1. The van der Waals surface area contributed by atoms with E-state index in [9.17, 15) is 29.1 Å². The molecular weight excluding hydrogens is 320 g/mol. The first-order chi connectivity index (χ1) is 9.47. The van der Waals surface area contributed by atoms with Gasteiger partial charge in [0.15, 0.2) is 11.7 Å². The fraction of sp³-hybridized carbons (Fsp3) is 0.500. The lowest BCUT2D eigenvalue weighted by Crippen LogP contribution is -2.43. The van der Waals surface area contributed by atoms with E-state index >= 15 is 0 Å². The highest BCUT2D eigenvalue weighted by molar-refractivity contribution is 5.93. The smallest absolute Gasteiger partial charge is 0.336 e. The van der Waals surface area contributed by atoms with Gasteiger partial charge in [0, 0.05) is 0 Å². The molecule has 0 fully saturated rings. The van der Waals surface area contributed by atoms with Crippen LogP contribution in [0.25, 0.3) is 0 Å². The number of carboxylic acids is 3. The minimum absolute atomic E-state index is 0. The molecular formula is C10H14MgO11. The van der Waals surface area contributed by atoms with E-state index in [1.54, 1.807) is 0 Å². The van der Waals surface area contributed by atoms with Gasteiger partial charge in [-0.3, -0.25) is 14.4 Å². The topological polar surface area (TPSA) is 196 Å². The summed E-state index contributed by atoms with van der Waals surface area (Å²) in [6.07, 6.45) is -5.86. The van der Waals surface area contributed by atoms with E-state index in [2.05, 4.69) is 4.74 Å². The van der Waals surface area contributed by atoms with Crippen molar-refractivity contribution in [2.45, 2.75) is 31.0 Å². The lowest BCUT2D eigenvalue weighted by molar-refractivity contribution is -0.175. The van der Waals surface area contributed by atoms with Gasteiger partial charge in [0.1, 0.15) is 0 Å². The number of aliphatic hydroxyl groups is 2. The van der Waals surface area contributed by atoms with Crippen LogP contribution in [0.2, 0.25) is 0 Å². The van der Waals surface area contributed by atoms with Crippen LogP contribution in [-0.2, 0) is 28.7 Å². The molecule has 0 aromatic carbocycles. The van der Waals surface area contributed by atoms with Crippen LogP contribution in [0.5, 0.6) is 0 Å². The molecule has 0 aliphatic carbocycles. The molecule has 0 saturated heterocycles. The van der Waals surface area contributed by atoms with Crippen molar-refractivity contribution in [2.75, 3.05) is 0 Å². The Bertz CT molecular complexity index is 473. The molecule has 122 valence electrons. The van der Waals surface area contributed by atoms with Gasteiger partial charge in [-0.2, -0.15) is 0 Å². The molecule has 11 nitrogen and oxygen atoms in total. The monoisotopic (exact) mass is 334 g/mol. The van der Waals surface area contributed by atoms with E-state index in [4.69, 9.17) is 20.4 Å². The van der Waals surface area contributed by atoms with Gasteiger partial charge in [0.25, 0.3) is 0 Å². The van der Waals surface area contributed by atoms with Gasteiger partial charge in [0.2, 0.25) is 0 Å². The quantitative estimate of drug-likeness (QED) is 0.169. The number of rotatable bonds is 8. The van der Waals surface area contributed by atoms with Crippen LogP contribution >= 0.6 is 0 Å². The molecule has 0 aliphatic heterocycles. The molecule has 0 aromatic rings. The second-order valence-electron chi connectivity index (χ2n) is 3.99. The van der Waals surface area contributed by atoms with Crippen LogP contribution in [0.4, 0.5) is 0 Å². The summed E-state index contributed by atoms with van der Waals surface area (Å²) in [5, 5.41) is 43.7. The number of hydrogen-bond acceptors (Lipinski definition) is 8. The number of aliphatic carboxylic acids is 3. The highest BCUT2D eigenvalue weighted by Gasteiger charge is 2.42. The summed E-state index contributed by atoms with van der Waals surface area (Å²) < 4.78 is 3.98. The van der Waals surface area contributed by atoms with Crippen LogP contribution in [0.3, 0.4) is 0 Å². The third-order valence-electron chi connectivity index (χ3n) is 2.15. The molecule has 0 amide bonds. The van der Waals surface area contributed by atoms with Crippen LogP contribution in [0.1, 0.15) is 19.3 Å². The highest BCUT2D eigenvalue weighted by atomic mass is 24.3. The summed E-state index contributed by atoms with van der Waals surface area (Å²) in [4.78, 5) is 53.6. The first-order valence-electron chi connectivity index (χ1n) is 5.30. The van der Waals surface area contributed by atoms with Crippen molar-refractivity contribution >= 4 is 52.9 Å². The van der Waals surface area contributed by atoms with Crippen molar-refractivity contribution in [3.63, 3.8) is 0 Å². The summed E-state index contributed by atoms with van der Waals surface area (Å²) in [5.41, 5.74) is -2.98. The third-order valence-corrected chi connectivity index (χ3v) is 2.15. The molecule has 0 aliphatic rings. The Kier molecular flexibility index (Phi) is 9.51. The van der Waals surface area contributed by atoms with E-state index < -0.39 is 60.8 Å². The fourth-order valence-electron chi connectivity index (χ4n) is 1.15. The van der Waals surface area contributed by atoms with Crippen molar-refractivity contribution in [1.82, 2.24) is 0 Å². The Morgan fingerprint density at radius 2 is 1.45 bits per heavy atom. The Balaban J connectivity index is 0. The number of esters is 2. The van der Waals surface area contributed by atoms with Crippen molar-refractivity contribution in [3.05, 3.63) is 0 Å². The number of carbonyl (C=O) groups excluding carboxylic acids is 2. The maximum atomic E-state index is 11.2. The zero-order valence-corrected chi connectivity index (χ0v) is 10.4. The van der Waals surface area contributed by atoms with Crippen molar-refractivity contribution in [2.24, 2.45) is 0 Å². The van der Waals surface area contributed by atoms with Crippen LogP contribution in [0, 0.1) is 0 Å². The molecule has 2 atom stereocenters. The van der Waals surface area contributed by atoms with E-state index in [1.807, 2.05) is 0 Å². The minimum atomic E-state index is -2.98. The molecule has 0 spiro atoms. The maximum absolute atomic E-state index is 11.2. The Labute approximate surface area is 138 Å². The summed E-state index contributed by atoms with van der Waals surface area (Å²) in [7, 11) is 0. The molecule has 0 radical (unpaired) electrons. The number of carboxylic acid groups (broad SMARTS) is 3. The number of carbonyl (C=O) groups is 5. The molecule has 2 unspecified atom stereocenters. The largest absolute Gasteiger partial charge is 0.481 e. The van der Waals surface area contributed by atoms with Crippen LogP contribution in [-0.4, -0.2) is 90.1 Å². The fourth-order valence-corrected chi connectivity index (χ4v) is 1.15. The summed E-state index contributed by atoms with van der Waals surface area (Å²) in [5.74, 6) is -8.52. The van der Waals surface area contributed by atoms with E-state index in [0.717, 1.165) is 0 Å². The van der Waals surface area contributed by atoms with E-state index in [1.165, 1.54) is 0 Å². The third kappa shape index (κ3) is 7.87. The van der Waals surface area contributed by atoms with Crippen LogP contribution < -0.4 is 0 Å². The van der Waals surface area contributed by atoms with Gasteiger partial charge >= 0.3 is 52.9 Å². The second-order valence-corrected chi connectivity index (χ2v) is 3.99. The molecule has 0 aromatic heterocycles. The normalized spacial score (nSPS) is 13.9. The Morgan fingerprint density at radius 3 is 1.82 bits per heavy atom. The van der Waals surface area contributed by atoms with Crippen molar-refractivity contribution in [3.8, 4) is 0 Å². The van der Waals surface area contributed by atoms with E-state index in [-0.39, 0.29) is 23.1 Å². The average molecular weight is 335 g/mol. The SMILES string of the molecule is O=C(O)CC(O)(CC(=O)OC(=O)CC(O)C(=O)O)C(=O)O.[MgH2]. The van der Waals surface area contributed by atoms with E-state index in [0.29, 0.717) is 0 Å². The lowest BCUT2D eigenvalue weighted by atomic mass is 9.96. The molecule has 12 heteroatoms. The molecule has 0 rings (SSSR count). The van der Waals surface area contributed by atoms with Gasteiger partial charge < -0.3 is 30.3 Å². The predicted molar refractivity (Wildman–Crippen MR) is 67.4 cm³/mol. The van der Waals surface area contributed by atoms with Gasteiger partial charge in [-0.05, 0) is 0 Å². The number of hydrogen-bond donors (Lipinski definition) is 5. The highest BCUT2D eigenvalue weighted by Crippen LogP contribution is 2.17. The molecule has 0 saturated carbocycles. The summed E-state index contributed by atoms with van der Waals surface area (Å²) in [6.45, 7) is 0. The lowest BCUT2D eigenvalue weighted by Gasteiger charge is -2.19. The predicted octanol–water partition coefficient (Wildman–Crippen LogP) is -3.34. The Hall–Kier alpha value is -1.76. The molecule has 22 heavy (non-hydrogen) atoms. The molecule has 0 heterocycles. The zero-order chi connectivity index (χ0) is 16.8. The summed E-state index contributed by atoms with van der Waals surface area (Å²) in [6, 6.07) is 0. The van der Waals surface area contributed by atoms with Gasteiger partial charge in [-0.1, -0.05) is 0 Å². The first kappa shape index (κ1) is 22.5. The van der Waals surface area contributed by atoms with Gasteiger partial charge in [-0.25, -0.2) is 9.59 Å². The average Bonchev–Trinajstić information content (AvgIpc) is 2.26. The molecule has 0 bridgehead atoms. The van der Waals surface area contributed by atoms with Gasteiger partial charge in [0.05, 0.1) is 19.3 Å². The standard InChI is InChI=1S/C10H12O11.Mg.2H/c11-4(8(16)17)1-6(14)21-7(15)3-10(20,9(18)19)2-5(12)13;;;/h4,11,20H,1-3H2,(H,12,13)(H,16,17)(H,18,19);;;. The maximum Gasteiger partial charge on any atom is 0.336 e. The zero-order valence-electron chi connectivity index (χ0n) is 10.4. The van der Waals surface area contributed by atoms with Crippen molar-refractivity contribution < 1.29 is 54.2 Å². The first-order valence-corrected chi connectivity index (χ1v) is 5.30. The van der Waals surface area contributed by atoms with Gasteiger partial charge in [-0.15, -0.1) is 0 Å². The van der Waals surface area contributed by atoms with Crippen molar-refractivity contribution in [1.29, 1.82) is 0 Å². The Morgan fingerprint density at radius 1 is 0.955 bits per heavy atom. The number of aliphatic hydroxyl groups excluding tert-OH is 1. The molecule has 5 N–H and O–H groups in total. The van der Waals surface area contributed by atoms with Crippen LogP contribution in [0.15, 0.2) is 0 Å².